The Balaban J connectivity index is 2.57. The molecular weight excluding hydrogens is 271 g/mol. The third kappa shape index (κ3) is 1.65. The molecule has 2 heteroatoms. The van der Waals surface area contributed by atoms with Crippen molar-refractivity contribution >= 4 is 9.73 Å². The molecule has 1 nitrogen and oxygen atoms in total. The predicted octanol–water partition coefficient (Wildman–Crippen LogP) is 2.93. The summed E-state index contributed by atoms with van der Waals surface area (Å²) in [7, 11) is 0. The number of hydrogen-bond acceptors (Lipinski definition) is 0. The maximum atomic E-state index is 3.41. The third-order valence-corrected chi connectivity index (χ3v) is 4.33. The fraction of sp³-hybridized carbons (Fsp3) is 0.385. The molecule has 1 heterocycles. The molecule has 1 aromatic heterocycles. The van der Waals surface area contributed by atoms with Gasteiger partial charge in [0, 0.05) is 0 Å². The van der Waals surface area contributed by atoms with Gasteiger partial charge >= 0.3 is 101 Å². The number of rotatable bonds is 1. The van der Waals surface area contributed by atoms with Crippen LogP contribution in [0.5, 0.6) is 0 Å². The fourth-order valence-corrected chi connectivity index (χ4v) is 2.89. The van der Waals surface area contributed by atoms with Gasteiger partial charge in [0.15, 0.2) is 0 Å². The summed E-state index contributed by atoms with van der Waals surface area (Å²) in [5, 5.41) is 0. The standard InChI is InChI=1S/C13H16N.Ru/c1-8-5-6-12(10(8)3)13-7-9(2)14-11(13)4;/h5,14H,6H2,1-4H3;. The number of hydrogen-bond donors (Lipinski definition) is 1. The van der Waals surface area contributed by atoms with Crippen LogP contribution in [0.3, 0.4) is 0 Å². The first-order chi connectivity index (χ1) is 7.02. The SMILES string of the molecule is CC1=CCC(c2c(C)[nH]c(C)[c]2[Ru])=C1C. The van der Waals surface area contributed by atoms with E-state index in [1.54, 1.807) is 0 Å². The number of allylic oxidation sites excluding steroid dienone is 4. The molecule has 0 unspecified atom stereocenters. The molecule has 0 amide bonds. The Morgan fingerprint density at radius 1 is 1.13 bits per heavy atom. The quantitative estimate of drug-likeness (QED) is 0.764. The topological polar surface area (TPSA) is 15.8 Å². The first-order valence-corrected chi connectivity index (χ1v) is 6.10. The van der Waals surface area contributed by atoms with Crippen molar-refractivity contribution in [2.75, 3.05) is 0 Å². The molecule has 15 heavy (non-hydrogen) atoms. The number of H-pyrrole nitrogens is 1. The van der Waals surface area contributed by atoms with Crippen LogP contribution in [0.4, 0.5) is 0 Å². The monoisotopic (exact) mass is 288 g/mol. The van der Waals surface area contributed by atoms with Gasteiger partial charge in [0.2, 0.25) is 0 Å². The average Bonchev–Trinajstić information content (AvgIpc) is 2.60. The molecule has 1 aliphatic carbocycles. The summed E-state index contributed by atoms with van der Waals surface area (Å²) < 4.78 is 1.34. The molecule has 0 fully saturated rings. The van der Waals surface area contributed by atoms with Crippen molar-refractivity contribution in [3.63, 3.8) is 0 Å². The van der Waals surface area contributed by atoms with Gasteiger partial charge in [-0.05, 0) is 0 Å². The van der Waals surface area contributed by atoms with Gasteiger partial charge in [-0.25, -0.2) is 0 Å². The van der Waals surface area contributed by atoms with E-state index in [1.165, 1.54) is 37.8 Å². The van der Waals surface area contributed by atoms with Crippen molar-refractivity contribution in [3.05, 3.63) is 34.2 Å². The number of nitrogens with one attached hydrogen (secondary N) is 1. The van der Waals surface area contributed by atoms with E-state index in [9.17, 15) is 0 Å². The van der Waals surface area contributed by atoms with E-state index in [-0.39, 0.29) is 0 Å². The molecule has 0 saturated carbocycles. The number of aromatic amines is 1. The molecular formula is C13H16NRu. The molecule has 0 spiro atoms. The Hall–Kier alpha value is -0.617. The molecule has 0 saturated heterocycles. The maximum absolute atomic E-state index is 3.41. The van der Waals surface area contributed by atoms with E-state index in [2.05, 4.69) is 57.1 Å². The van der Waals surface area contributed by atoms with Crippen LogP contribution in [0, 0.1) is 13.8 Å². The second-order valence-corrected chi connectivity index (χ2v) is 5.12. The fourth-order valence-electron chi connectivity index (χ4n) is 2.19. The van der Waals surface area contributed by atoms with Crippen LogP contribution in [0.25, 0.3) is 5.57 Å². The molecule has 81 valence electrons. The molecule has 2 rings (SSSR count). The number of aryl methyl sites for hydroxylation is 2. The molecule has 1 aromatic rings. The van der Waals surface area contributed by atoms with Crippen LogP contribution in [0.1, 0.15) is 37.2 Å². The first-order valence-electron chi connectivity index (χ1n) is 5.23. The summed E-state index contributed by atoms with van der Waals surface area (Å²) >= 11 is 2.76. The average molecular weight is 287 g/mol. The second kappa shape index (κ2) is 3.75. The van der Waals surface area contributed by atoms with Crippen molar-refractivity contribution < 1.29 is 18.3 Å². The molecule has 0 aromatic carbocycles. The predicted molar refractivity (Wildman–Crippen MR) is 60.9 cm³/mol. The van der Waals surface area contributed by atoms with Crippen LogP contribution < -0.4 is 4.16 Å². The van der Waals surface area contributed by atoms with Crippen molar-refractivity contribution in [3.8, 4) is 0 Å². The van der Waals surface area contributed by atoms with E-state index in [0.717, 1.165) is 6.42 Å². The van der Waals surface area contributed by atoms with Crippen LogP contribution in [-0.2, 0) is 18.3 Å². The van der Waals surface area contributed by atoms with E-state index in [0.29, 0.717) is 0 Å². The Kier molecular flexibility index (Phi) is 2.72. The number of aromatic nitrogens is 1. The summed E-state index contributed by atoms with van der Waals surface area (Å²) in [5.41, 5.74) is 8.33. The molecule has 0 aliphatic heterocycles. The minimum atomic E-state index is 1.08. The van der Waals surface area contributed by atoms with E-state index >= 15 is 0 Å². The van der Waals surface area contributed by atoms with Crippen molar-refractivity contribution in [1.82, 2.24) is 4.98 Å². The van der Waals surface area contributed by atoms with E-state index < -0.39 is 0 Å². The Morgan fingerprint density at radius 3 is 2.20 bits per heavy atom. The molecule has 1 aliphatic rings. The van der Waals surface area contributed by atoms with Crippen LogP contribution in [0.2, 0.25) is 0 Å². The molecule has 0 bridgehead atoms. The van der Waals surface area contributed by atoms with Gasteiger partial charge in [-0.2, -0.15) is 0 Å². The normalized spacial score (nSPS) is 16.2. The summed E-state index contributed by atoms with van der Waals surface area (Å²) in [6.45, 7) is 8.71. The van der Waals surface area contributed by atoms with Gasteiger partial charge in [0.05, 0.1) is 0 Å². The van der Waals surface area contributed by atoms with E-state index in [1.807, 2.05) is 0 Å². The van der Waals surface area contributed by atoms with Crippen LogP contribution >= 0.6 is 0 Å². The Bertz CT molecular complexity index is 475. The van der Waals surface area contributed by atoms with Gasteiger partial charge in [-0.3, -0.25) is 0 Å². The summed E-state index contributed by atoms with van der Waals surface area (Å²) in [6.07, 6.45) is 3.40. The van der Waals surface area contributed by atoms with Gasteiger partial charge in [-0.1, -0.05) is 0 Å². The minimum absolute atomic E-state index is 1.08. The summed E-state index contributed by atoms with van der Waals surface area (Å²) in [5.74, 6) is 0. The van der Waals surface area contributed by atoms with Crippen LogP contribution in [-0.4, -0.2) is 4.98 Å². The van der Waals surface area contributed by atoms with Crippen LogP contribution in [0.15, 0.2) is 17.2 Å². The zero-order chi connectivity index (χ0) is 11.2. The molecule has 1 N–H and O–H groups in total. The Morgan fingerprint density at radius 2 is 1.80 bits per heavy atom. The van der Waals surface area contributed by atoms with Gasteiger partial charge in [0.1, 0.15) is 0 Å². The van der Waals surface area contributed by atoms with Gasteiger partial charge in [-0.15, -0.1) is 0 Å². The molecule has 0 atom stereocenters. The summed E-state index contributed by atoms with van der Waals surface area (Å²) in [6, 6.07) is 0. The zero-order valence-corrected chi connectivity index (χ0v) is 11.4. The van der Waals surface area contributed by atoms with Crippen molar-refractivity contribution in [2.24, 2.45) is 0 Å². The van der Waals surface area contributed by atoms with Gasteiger partial charge < -0.3 is 0 Å². The second-order valence-electron chi connectivity index (χ2n) is 4.25. The summed E-state index contributed by atoms with van der Waals surface area (Å²) in [4.78, 5) is 3.41. The van der Waals surface area contributed by atoms with Gasteiger partial charge in [0.25, 0.3) is 0 Å². The van der Waals surface area contributed by atoms with Crippen molar-refractivity contribution in [1.29, 1.82) is 0 Å². The third-order valence-electron chi connectivity index (χ3n) is 3.24. The zero-order valence-electron chi connectivity index (χ0n) is 9.64. The first kappa shape index (κ1) is 10.9. The molecule has 0 radical (unpaired) electrons. The van der Waals surface area contributed by atoms with Crippen molar-refractivity contribution in [2.45, 2.75) is 34.1 Å². The van der Waals surface area contributed by atoms with E-state index in [4.69, 9.17) is 0 Å². The Labute approximate surface area is 101 Å².